The normalized spacial score (nSPS) is 10.5. The second kappa shape index (κ2) is 5.27. The number of carboxylic acids is 1. The summed E-state index contributed by atoms with van der Waals surface area (Å²) in [4.78, 5) is 11.2. The van der Waals surface area contributed by atoms with Gasteiger partial charge >= 0.3 is 5.97 Å². The minimum Gasteiger partial charge on any atom is -0.493 e. The van der Waals surface area contributed by atoms with Gasteiger partial charge in [0.15, 0.2) is 11.5 Å². The van der Waals surface area contributed by atoms with E-state index in [1.54, 1.807) is 6.07 Å². The van der Waals surface area contributed by atoms with Gasteiger partial charge in [-0.1, -0.05) is 25.4 Å². The smallest absolute Gasteiger partial charge is 0.341 e. The van der Waals surface area contributed by atoms with Gasteiger partial charge in [0.2, 0.25) is 0 Å². The molecule has 17 heavy (non-hydrogen) atoms. The lowest BCUT2D eigenvalue weighted by atomic mass is 9.99. The number of carboxylic acid groups (broad SMARTS) is 1. The monoisotopic (exact) mass is 258 g/mol. The third-order valence-corrected chi connectivity index (χ3v) is 2.88. The van der Waals surface area contributed by atoms with Crippen LogP contribution in [-0.4, -0.2) is 25.3 Å². The molecule has 1 aromatic carbocycles. The van der Waals surface area contributed by atoms with E-state index in [1.807, 2.05) is 13.8 Å². The van der Waals surface area contributed by atoms with Crippen LogP contribution in [0, 0.1) is 0 Å². The summed E-state index contributed by atoms with van der Waals surface area (Å²) in [6, 6.07) is 1.71. The fraction of sp³-hybridized carbons (Fsp3) is 0.417. The SMILES string of the molecule is COc1cc(C(C)C)c(Cl)c(C(=O)O)c1OC. The number of rotatable bonds is 4. The lowest BCUT2D eigenvalue weighted by Crippen LogP contribution is -2.06. The zero-order chi connectivity index (χ0) is 13.2. The summed E-state index contributed by atoms with van der Waals surface area (Å²) >= 11 is 6.10. The molecule has 0 bridgehead atoms. The molecule has 0 fully saturated rings. The van der Waals surface area contributed by atoms with Gasteiger partial charge in [-0.3, -0.25) is 0 Å². The van der Waals surface area contributed by atoms with Gasteiger partial charge in [-0.2, -0.15) is 0 Å². The lowest BCUT2D eigenvalue weighted by molar-refractivity contribution is 0.0692. The van der Waals surface area contributed by atoms with Gasteiger partial charge in [0, 0.05) is 0 Å². The summed E-state index contributed by atoms with van der Waals surface area (Å²) in [6.07, 6.45) is 0. The molecule has 0 saturated heterocycles. The van der Waals surface area contributed by atoms with Crippen molar-refractivity contribution in [2.75, 3.05) is 14.2 Å². The van der Waals surface area contributed by atoms with Gasteiger partial charge in [-0.15, -0.1) is 0 Å². The molecule has 0 saturated carbocycles. The van der Waals surface area contributed by atoms with Gasteiger partial charge in [0.05, 0.1) is 19.2 Å². The number of aromatic carboxylic acids is 1. The molecule has 0 heterocycles. The maximum Gasteiger partial charge on any atom is 0.341 e. The molecular weight excluding hydrogens is 244 g/mol. The van der Waals surface area contributed by atoms with Crippen molar-refractivity contribution in [3.8, 4) is 11.5 Å². The Hall–Kier alpha value is -1.42. The first-order chi connectivity index (χ1) is 7.93. The molecule has 1 aromatic rings. The van der Waals surface area contributed by atoms with Crippen molar-refractivity contribution in [1.29, 1.82) is 0 Å². The van der Waals surface area contributed by atoms with Crippen LogP contribution >= 0.6 is 11.6 Å². The van der Waals surface area contributed by atoms with E-state index in [-0.39, 0.29) is 22.3 Å². The average molecular weight is 259 g/mol. The summed E-state index contributed by atoms with van der Waals surface area (Å²) < 4.78 is 10.2. The van der Waals surface area contributed by atoms with Crippen molar-refractivity contribution < 1.29 is 19.4 Å². The fourth-order valence-electron chi connectivity index (χ4n) is 1.60. The number of ether oxygens (including phenoxy) is 2. The summed E-state index contributed by atoms with van der Waals surface area (Å²) in [5, 5.41) is 9.38. The van der Waals surface area contributed by atoms with E-state index in [4.69, 9.17) is 21.1 Å². The topological polar surface area (TPSA) is 55.8 Å². The molecule has 0 amide bonds. The molecule has 0 aromatic heterocycles. The molecule has 0 radical (unpaired) electrons. The Kier molecular flexibility index (Phi) is 4.23. The molecular formula is C12H15ClO4. The van der Waals surface area contributed by atoms with Crippen LogP contribution in [0.4, 0.5) is 0 Å². The zero-order valence-corrected chi connectivity index (χ0v) is 11.0. The Labute approximate surface area is 105 Å². The van der Waals surface area contributed by atoms with Crippen molar-refractivity contribution in [3.05, 3.63) is 22.2 Å². The Balaban J connectivity index is 3.63. The van der Waals surface area contributed by atoms with Crippen LogP contribution in [0.15, 0.2) is 6.07 Å². The third-order valence-electron chi connectivity index (χ3n) is 2.47. The maximum absolute atomic E-state index is 11.2. The third kappa shape index (κ3) is 2.47. The van der Waals surface area contributed by atoms with E-state index in [1.165, 1.54) is 14.2 Å². The van der Waals surface area contributed by atoms with Crippen LogP contribution in [0.1, 0.15) is 35.7 Å². The highest BCUT2D eigenvalue weighted by Gasteiger charge is 2.24. The van der Waals surface area contributed by atoms with Gasteiger partial charge in [0.25, 0.3) is 0 Å². The quantitative estimate of drug-likeness (QED) is 0.901. The predicted octanol–water partition coefficient (Wildman–Crippen LogP) is 3.18. The number of methoxy groups -OCH3 is 2. The van der Waals surface area contributed by atoms with Crippen LogP contribution in [0.25, 0.3) is 0 Å². The highest BCUT2D eigenvalue weighted by molar-refractivity contribution is 6.34. The van der Waals surface area contributed by atoms with Crippen molar-refractivity contribution in [2.45, 2.75) is 19.8 Å². The molecule has 1 N–H and O–H groups in total. The molecule has 5 heteroatoms. The molecule has 0 aliphatic carbocycles. The van der Waals surface area contributed by atoms with Gasteiger partial charge in [0.1, 0.15) is 5.56 Å². The molecule has 0 unspecified atom stereocenters. The zero-order valence-electron chi connectivity index (χ0n) is 10.2. The summed E-state index contributed by atoms with van der Waals surface area (Å²) in [7, 11) is 2.84. The number of carbonyl (C=O) groups is 1. The van der Waals surface area contributed by atoms with Crippen molar-refractivity contribution in [1.82, 2.24) is 0 Å². The van der Waals surface area contributed by atoms with Gasteiger partial charge in [-0.25, -0.2) is 4.79 Å². The number of hydrogen-bond donors (Lipinski definition) is 1. The molecule has 94 valence electrons. The number of halogens is 1. The summed E-state index contributed by atoms with van der Waals surface area (Å²) in [6.45, 7) is 3.86. The largest absolute Gasteiger partial charge is 0.493 e. The molecule has 4 nitrogen and oxygen atoms in total. The molecule has 0 aliphatic heterocycles. The molecule has 0 atom stereocenters. The Bertz CT molecular complexity index is 441. The minimum absolute atomic E-state index is 0.0581. The van der Waals surface area contributed by atoms with Crippen molar-refractivity contribution >= 4 is 17.6 Å². The Morgan fingerprint density at radius 2 is 1.94 bits per heavy atom. The van der Waals surface area contributed by atoms with E-state index in [0.717, 1.165) is 5.56 Å². The molecule has 0 spiro atoms. The van der Waals surface area contributed by atoms with Crippen LogP contribution in [0.2, 0.25) is 5.02 Å². The first-order valence-electron chi connectivity index (χ1n) is 5.11. The standard InChI is InChI=1S/C12H15ClO4/c1-6(2)7-5-8(16-3)11(17-4)9(10(7)13)12(14)15/h5-6H,1-4H3,(H,14,15). The van der Waals surface area contributed by atoms with E-state index in [2.05, 4.69) is 0 Å². The van der Waals surface area contributed by atoms with Crippen LogP contribution in [-0.2, 0) is 0 Å². The lowest BCUT2D eigenvalue weighted by Gasteiger charge is -2.17. The average Bonchev–Trinajstić information content (AvgIpc) is 2.26. The maximum atomic E-state index is 11.2. The van der Waals surface area contributed by atoms with E-state index in [0.29, 0.717) is 5.75 Å². The van der Waals surface area contributed by atoms with Crippen LogP contribution in [0.5, 0.6) is 11.5 Å². The first kappa shape index (κ1) is 13.6. The minimum atomic E-state index is -1.13. The van der Waals surface area contributed by atoms with Crippen molar-refractivity contribution in [3.63, 3.8) is 0 Å². The molecule has 0 aliphatic rings. The van der Waals surface area contributed by atoms with Gasteiger partial charge in [-0.05, 0) is 17.5 Å². The van der Waals surface area contributed by atoms with Gasteiger partial charge < -0.3 is 14.6 Å². The highest BCUT2D eigenvalue weighted by Crippen LogP contribution is 2.41. The Morgan fingerprint density at radius 3 is 2.29 bits per heavy atom. The summed E-state index contributed by atoms with van der Waals surface area (Å²) in [5.41, 5.74) is 0.666. The fourth-order valence-corrected chi connectivity index (χ4v) is 2.04. The van der Waals surface area contributed by atoms with Crippen LogP contribution in [0.3, 0.4) is 0 Å². The van der Waals surface area contributed by atoms with Crippen LogP contribution < -0.4 is 9.47 Å². The second-order valence-electron chi connectivity index (χ2n) is 3.85. The van der Waals surface area contributed by atoms with Crippen molar-refractivity contribution in [2.24, 2.45) is 0 Å². The van der Waals surface area contributed by atoms with E-state index in [9.17, 15) is 9.90 Å². The second-order valence-corrected chi connectivity index (χ2v) is 4.23. The highest BCUT2D eigenvalue weighted by atomic mass is 35.5. The number of hydrogen-bond acceptors (Lipinski definition) is 3. The first-order valence-corrected chi connectivity index (χ1v) is 5.49. The summed E-state index contributed by atoms with van der Waals surface area (Å²) in [5.74, 6) is -0.513. The predicted molar refractivity (Wildman–Crippen MR) is 65.6 cm³/mol. The Morgan fingerprint density at radius 1 is 1.35 bits per heavy atom. The number of benzene rings is 1. The van der Waals surface area contributed by atoms with E-state index >= 15 is 0 Å². The molecule has 1 rings (SSSR count). The van der Waals surface area contributed by atoms with E-state index < -0.39 is 5.97 Å².